The number of nitrogens with zero attached hydrogens (tertiary/aromatic N) is 6. The summed E-state index contributed by atoms with van der Waals surface area (Å²) in [7, 11) is 2.95. The van der Waals surface area contributed by atoms with Crippen molar-refractivity contribution < 1.29 is 28.6 Å². The highest BCUT2D eigenvalue weighted by molar-refractivity contribution is 6.31. The first kappa shape index (κ1) is 31.8. The third kappa shape index (κ3) is 7.18. The van der Waals surface area contributed by atoms with Crippen LogP contribution in [-0.4, -0.2) is 115 Å². The van der Waals surface area contributed by atoms with Crippen LogP contribution in [0.25, 0.3) is 0 Å². The Kier molecular flexibility index (Phi) is 10.1. The van der Waals surface area contributed by atoms with Crippen molar-refractivity contribution in [3.63, 3.8) is 0 Å². The zero-order valence-corrected chi connectivity index (χ0v) is 26.6. The second-order valence-electron chi connectivity index (χ2n) is 11.8. The van der Waals surface area contributed by atoms with Gasteiger partial charge in [0.05, 0.1) is 14.2 Å². The van der Waals surface area contributed by atoms with Gasteiger partial charge in [-0.1, -0.05) is 17.7 Å². The van der Waals surface area contributed by atoms with Crippen molar-refractivity contribution in [1.29, 1.82) is 0 Å². The molecule has 3 amide bonds. The molecule has 0 spiro atoms. The van der Waals surface area contributed by atoms with Crippen LogP contribution in [0.1, 0.15) is 42.1 Å². The fraction of sp³-hybridized carbons (Fsp3) is 0.581. The molecule has 13 heteroatoms. The molecule has 3 fully saturated rings. The third-order valence-corrected chi connectivity index (χ3v) is 9.33. The lowest BCUT2D eigenvalue weighted by Crippen LogP contribution is -2.43. The van der Waals surface area contributed by atoms with E-state index in [-0.39, 0.29) is 29.7 Å². The first-order valence-corrected chi connectivity index (χ1v) is 15.5. The number of likely N-dealkylation sites (tertiary alicyclic amines) is 3. The SMILES string of the molecule is COc1cc(C(=O)N2CC3CN(CCCN(C(=O)OC4CCN(C(C)=O)CC4)c4ccc(C)c(Cl)c4)CC3C2)c(OC)nn1. The van der Waals surface area contributed by atoms with E-state index in [0.717, 1.165) is 31.6 Å². The highest BCUT2D eigenvalue weighted by Crippen LogP contribution is 2.33. The molecule has 2 atom stereocenters. The molecule has 2 unspecified atom stereocenters. The summed E-state index contributed by atoms with van der Waals surface area (Å²) in [5.41, 5.74) is 2.00. The van der Waals surface area contributed by atoms with Gasteiger partial charge in [-0.3, -0.25) is 14.5 Å². The molecule has 44 heavy (non-hydrogen) atoms. The molecule has 5 rings (SSSR count). The number of hydrogen-bond acceptors (Lipinski definition) is 9. The predicted molar refractivity (Wildman–Crippen MR) is 164 cm³/mol. The summed E-state index contributed by atoms with van der Waals surface area (Å²) in [5, 5.41) is 8.46. The number of piperidine rings is 1. The van der Waals surface area contributed by atoms with Gasteiger partial charge in [-0.2, -0.15) is 0 Å². The summed E-state index contributed by atoms with van der Waals surface area (Å²) in [6.07, 6.45) is 1.39. The van der Waals surface area contributed by atoms with Crippen molar-refractivity contribution in [2.24, 2.45) is 11.8 Å². The zero-order chi connectivity index (χ0) is 31.4. The molecule has 0 aliphatic carbocycles. The number of fused-ring (bicyclic) bond motifs is 1. The lowest BCUT2D eigenvalue weighted by atomic mass is 10.0. The molecular formula is C31H41ClN6O6. The Morgan fingerprint density at radius 1 is 0.977 bits per heavy atom. The maximum absolute atomic E-state index is 13.4. The quantitative estimate of drug-likeness (QED) is 0.411. The number of amides is 3. The van der Waals surface area contributed by atoms with Crippen molar-refractivity contribution in [2.45, 2.75) is 39.2 Å². The van der Waals surface area contributed by atoms with Gasteiger partial charge in [-0.05, 0) is 49.4 Å². The Hall–Kier alpha value is -3.64. The summed E-state index contributed by atoms with van der Waals surface area (Å²) in [5.74, 6) is 1.12. The van der Waals surface area contributed by atoms with Gasteiger partial charge in [0.2, 0.25) is 17.7 Å². The third-order valence-electron chi connectivity index (χ3n) is 8.92. The topological polar surface area (TPSA) is 118 Å². The number of aryl methyl sites for hydroxylation is 1. The van der Waals surface area contributed by atoms with Crippen molar-refractivity contribution in [3.05, 3.63) is 40.4 Å². The van der Waals surface area contributed by atoms with E-state index >= 15 is 0 Å². The number of benzene rings is 1. The Bertz CT molecular complexity index is 1360. The minimum absolute atomic E-state index is 0.0444. The van der Waals surface area contributed by atoms with Gasteiger partial charge >= 0.3 is 6.09 Å². The molecule has 3 aliphatic heterocycles. The van der Waals surface area contributed by atoms with E-state index in [2.05, 4.69) is 15.1 Å². The van der Waals surface area contributed by atoms with Crippen molar-refractivity contribution in [1.82, 2.24) is 24.9 Å². The smallest absolute Gasteiger partial charge is 0.414 e. The summed E-state index contributed by atoms with van der Waals surface area (Å²) >= 11 is 6.43. The largest absolute Gasteiger partial charge is 0.480 e. The van der Waals surface area contributed by atoms with Crippen LogP contribution in [0.3, 0.4) is 0 Å². The van der Waals surface area contributed by atoms with Crippen LogP contribution in [0, 0.1) is 18.8 Å². The number of carbonyl (C=O) groups is 3. The van der Waals surface area contributed by atoms with E-state index in [0.29, 0.717) is 73.7 Å². The molecule has 3 saturated heterocycles. The fourth-order valence-electron chi connectivity index (χ4n) is 6.40. The molecule has 0 bridgehead atoms. The number of halogens is 1. The number of anilines is 1. The highest BCUT2D eigenvalue weighted by atomic mass is 35.5. The van der Waals surface area contributed by atoms with Crippen molar-refractivity contribution in [3.8, 4) is 11.8 Å². The fourth-order valence-corrected chi connectivity index (χ4v) is 6.57. The van der Waals surface area contributed by atoms with Gasteiger partial charge in [0, 0.05) is 82.4 Å². The van der Waals surface area contributed by atoms with Crippen molar-refractivity contribution >= 4 is 35.2 Å². The summed E-state index contributed by atoms with van der Waals surface area (Å²) < 4.78 is 16.3. The summed E-state index contributed by atoms with van der Waals surface area (Å²) in [6, 6.07) is 7.19. The Morgan fingerprint density at radius 2 is 1.68 bits per heavy atom. The molecule has 12 nitrogen and oxygen atoms in total. The molecule has 1 aromatic heterocycles. The molecule has 3 aliphatic rings. The van der Waals surface area contributed by atoms with E-state index < -0.39 is 6.09 Å². The number of ether oxygens (including phenoxy) is 3. The Balaban J connectivity index is 1.15. The number of carbonyl (C=O) groups excluding carboxylic acids is 3. The summed E-state index contributed by atoms with van der Waals surface area (Å²) in [6.45, 7) is 9.07. The maximum atomic E-state index is 13.4. The number of rotatable bonds is 9. The number of methoxy groups -OCH3 is 2. The molecular weight excluding hydrogens is 588 g/mol. The average molecular weight is 629 g/mol. The maximum Gasteiger partial charge on any atom is 0.414 e. The molecule has 4 heterocycles. The van der Waals surface area contributed by atoms with E-state index in [1.165, 1.54) is 14.2 Å². The standard InChI is InChI=1S/C31H41ClN6O6/c1-20-6-7-24(14-27(20)32)38(31(41)44-25-8-12-36(13-9-25)21(2)39)11-5-10-35-16-22-18-37(19-23(22)17-35)30(40)26-15-28(42-3)33-34-29(26)43-4/h6-7,14-15,22-23,25H,5,8-13,16-19H2,1-4H3. The van der Waals surface area contributed by atoms with E-state index in [1.807, 2.05) is 30.0 Å². The number of aromatic nitrogens is 2. The van der Waals surface area contributed by atoms with Gasteiger partial charge in [-0.25, -0.2) is 4.79 Å². The average Bonchev–Trinajstić information content (AvgIpc) is 3.59. The van der Waals surface area contributed by atoms with Crippen LogP contribution in [0.15, 0.2) is 24.3 Å². The van der Waals surface area contributed by atoms with Gasteiger partial charge in [0.25, 0.3) is 5.91 Å². The van der Waals surface area contributed by atoms with Gasteiger partial charge in [-0.15, -0.1) is 10.2 Å². The molecule has 2 aromatic rings. The normalized spacial score (nSPS) is 20.4. The second-order valence-corrected chi connectivity index (χ2v) is 12.2. The minimum atomic E-state index is -0.392. The summed E-state index contributed by atoms with van der Waals surface area (Å²) in [4.78, 5) is 46.2. The molecule has 1 aromatic carbocycles. The minimum Gasteiger partial charge on any atom is -0.480 e. The Labute approximate surface area is 263 Å². The van der Waals surface area contributed by atoms with E-state index in [1.54, 1.807) is 22.8 Å². The van der Waals surface area contributed by atoms with Crippen LogP contribution in [-0.2, 0) is 9.53 Å². The second kappa shape index (κ2) is 14.0. The van der Waals surface area contributed by atoms with Gasteiger partial charge in [0.15, 0.2) is 0 Å². The first-order valence-electron chi connectivity index (χ1n) is 15.1. The zero-order valence-electron chi connectivity index (χ0n) is 25.8. The van der Waals surface area contributed by atoms with Crippen LogP contribution in [0.5, 0.6) is 11.8 Å². The molecule has 0 saturated carbocycles. The molecule has 238 valence electrons. The van der Waals surface area contributed by atoms with Crippen LogP contribution in [0.4, 0.5) is 10.5 Å². The van der Waals surface area contributed by atoms with E-state index in [9.17, 15) is 14.4 Å². The van der Waals surface area contributed by atoms with E-state index in [4.69, 9.17) is 25.8 Å². The highest BCUT2D eigenvalue weighted by Gasteiger charge is 2.42. The predicted octanol–water partition coefficient (Wildman–Crippen LogP) is 3.50. The first-order chi connectivity index (χ1) is 21.2. The van der Waals surface area contributed by atoms with Crippen LogP contribution in [0.2, 0.25) is 5.02 Å². The molecule has 0 radical (unpaired) electrons. The lowest BCUT2D eigenvalue weighted by Gasteiger charge is -2.32. The van der Waals surface area contributed by atoms with Crippen LogP contribution < -0.4 is 14.4 Å². The Morgan fingerprint density at radius 3 is 2.30 bits per heavy atom. The number of hydrogen-bond donors (Lipinski definition) is 0. The lowest BCUT2D eigenvalue weighted by molar-refractivity contribution is -0.130. The molecule has 0 N–H and O–H groups in total. The van der Waals surface area contributed by atoms with Crippen LogP contribution >= 0.6 is 11.6 Å². The van der Waals surface area contributed by atoms with Gasteiger partial charge < -0.3 is 28.9 Å². The van der Waals surface area contributed by atoms with Gasteiger partial charge in [0.1, 0.15) is 11.7 Å². The monoisotopic (exact) mass is 628 g/mol. The van der Waals surface area contributed by atoms with Crippen molar-refractivity contribution in [2.75, 3.05) is 71.5 Å².